The summed E-state index contributed by atoms with van der Waals surface area (Å²) in [6.45, 7) is 2.27. The zero-order valence-electron chi connectivity index (χ0n) is 43.5. The summed E-state index contributed by atoms with van der Waals surface area (Å²) in [5.74, 6) is -1.20. The van der Waals surface area contributed by atoms with E-state index in [1.165, 1.54) is 135 Å². The fraction of sp³-hybridized carbons (Fsp3) is 0.962. The molecule has 18 nitrogen and oxygen atoms in total. The predicted octanol–water partition coefficient (Wildman–Crippen LogP) is 7.50. The van der Waals surface area contributed by atoms with E-state index in [2.05, 4.69) is 13.8 Å². The molecule has 71 heavy (non-hydrogen) atoms. The highest BCUT2D eigenvalue weighted by Crippen LogP contribution is 2.48. The second-order valence-corrected chi connectivity index (χ2v) is 21.5. The van der Waals surface area contributed by atoms with Crippen LogP contribution in [0.4, 0.5) is 0 Å². The molecule has 1 saturated heterocycles. The molecular weight excluding hydrogens is 944 g/mol. The molecular formula is C52H99O18P. The SMILES string of the molecule is CCCCCCCCCCCCCCCCCCC(=O)OC[C@H](COP(=O)(O)O[C@@H]1C(O)C(O)[C@@H](O)C(O)[C@H]1O[C@H]1OC(CO)[C@@H](O)C(O)[C@H]1O)OC(=O)CCCCCCCCCCCCCCCCC. The number of phosphoric acid groups is 1. The van der Waals surface area contributed by atoms with Crippen molar-refractivity contribution in [2.24, 2.45) is 0 Å². The molecule has 6 unspecified atom stereocenters. The van der Waals surface area contributed by atoms with Gasteiger partial charge in [0, 0.05) is 12.8 Å². The number of ether oxygens (including phenoxy) is 4. The average Bonchev–Trinajstić information content (AvgIpc) is 3.35. The molecule has 420 valence electrons. The third-order valence-electron chi connectivity index (χ3n) is 13.8. The number of esters is 2. The summed E-state index contributed by atoms with van der Waals surface area (Å²) in [6.07, 6.45) is 13.1. The second-order valence-electron chi connectivity index (χ2n) is 20.1. The van der Waals surface area contributed by atoms with Crippen molar-refractivity contribution >= 4 is 19.8 Å². The summed E-state index contributed by atoms with van der Waals surface area (Å²) >= 11 is 0. The quantitative estimate of drug-likeness (QED) is 0.0162. The zero-order valence-corrected chi connectivity index (χ0v) is 44.4. The van der Waals surface area contributed by atoms with Crippen LogP contribution in [0.2, 0.25) is 0 Å². The van der Waals surface area contributed by atoms with Crippen LogP contribution < -0.4 is 0 Å². The van der Waals surface area contributed by atoms with Crippen LogP contribution in [0.25, 0.3) is 0 Å². The van der Waals surface area contributed by atoms with E-state index >= 15 is 0 Å². The van der Waals surface area contributed by atoms with Gasteiger partial charge in [-0.2, -0.15) is 0 Å². The molecule has 2 rings (SSSR count). The molecule has 0 aromatic heterocycles. The maximum absolute atomic E-state index is 13.4. The summed E-state index contributed by atoms with van der Waals surface area (Å²) in [5, 5.41) is 83.1. The number of aliphatic hydroxyl groups excluding tert-OH is 8. The van der Waals surface area contributed by atoms with Crippen molar-refractivity contribution in [3.8, 4) is 0 Å². The van der Waals surface area contributed by atoms with E-state index in [1.807, 2.05) is 0 Å². The Morgan fingerprint density at radius 2 is 0.845 bits per heavy atom. The Morgan fingerprint density at radius 1 is 0.479 bits per heavy atom. The van der Waals surface area contributed by atoms with Gasteiger partial charge < -0.3 is 64.7 Å². The largest absolute Gasteiger partial charge is 0.472 e. The molecule has 1 aliphatic carbocycles. The van der Waals surface area contributed by atoms with E-state index in [0.717, 1.165) is 51.4 Å². The van der Waals surface area contributed by atoms with Crippen LogP contribution in [-0.2, 0) is 42.1 Å². The van der Waals surface area contributed by atoms with Gasteiger partial charge in [-0.25, -0.2) is 4.57 Å². The summed E-state index contributed by atoms with van der Waals surface area (Å²) in [6, 6.07) is 0. The summed E-state index contributed by atoms with van der Waals surface area (Å²) in [7, 11) is -5.37. The number of phosphoric ester groups is 1. The Bertz CT molecular complexity index is 1380. The van der Waals surface area contributed by atoms with Crippen LogP contribution in [-0.4, -0.2) is 151 Å². The standard InChI is InChI=1S/C52H99O18P/c1-3-5-7-9-11-13-15-17-19-21-22-24-26-28-30-32-34-41(54)65-37-39(67-42(55)35-33-31-29-27-25-23-20-18-16-14-12-10-8-6-4-2)38-66-71(63,64)70-51-48(61)46(59)45(58)47(60)50(51)69-52-49(62)44(57)43(56)40(36-53)68-52/h39-40,43-53,56-62H,3-38H2,1-2H3,(H,63,64)/t39-,40?,43-,44?,45-,46?,47?,48?,49-,50-,51-,52-/m1/s1. The van der Waals surface area contributed by atoms with E-state index in [0.29, 0.717) is 12.8 Å². The maximum Gasteiger partial charge on any atom is 0.472 e. The molecule has 0 spiro atoms. The number of carbonyl (C=O) groups excluding carboxylic acids is 2. The van der Waals surface area contributed by atoms with Gasteiger partial charge in [-0.05, 0) is 12.8 Å². The van der Waals surface area contributed by atoms with Gasteiger partial charge in [-0.15, -0.1) is 0 Å². The number of aliphatic hydroxyl groups is 8. The van der Waals surface area contributed by atoms with Crippen LogP contribution in [0.1, 0.15) is 226 Å². The van der Waals surface area contributed by atoms with Gasteiger partial charge in [0.05, 0.1) is 13.2 Å². The smallest absolute Gasteiger partial charge is 0.462 e. The Kier molecular flexibility index (Phi) is 37.0. The van der Waals surface area contributed by atoms with E-state index in [1.54, 1.807) is 0 Å². The Morgan fingerprint density at radius 3 is 1.25 bits per heavy atom. The highest BCUT2D eigenvalue weighted by Gasteiger charge is 2.55. The molecule has 0 aromatic rings. The summed E-state index contributed by atoms with van der Waals surface area (Å²) < 4.78 is 45.6. The first-order valence-corrected chi connectivity index (χ1v) is 29.4. The van der Waals surface area contributed by atoms with Crippen molar-refractivity contribution in [1.29, 1.82) is 0 Å². The molecule has 0 amide bonds. The first-order valence-electron chi connectivity index (χ1n) is 27.9. The monoisotopic (exact) mass is 1040 g/mol. The highest BCUT2D eigenvalue weighted by molar-refractivity contribution is 7.47. The van der Waals surface area contributed by atoms with Crippen molar-refractivity contribution in [3.63, 3.8) is 0 Å². The summed E-state index contributed by atoms with van der Waals surface area (Å²) in [4.78, 5) is 36.7. The molecule has 1 heterocycles. The fourth-order valence-electron chi connectivity index (χ4n) is 9.24. The van der Waals surface area contributed by atoms with Crippen molar-refractivity contribution in [2.75, 3.05) is 19.8 Å². The molecule has 0 aromatic carbocycles. The second kappa shape index (κ2) is 40.0. The minimum Gasteiger partial charge on any atom is -0.462 e. The molecule has 2 aliphatic rings. The van der Waals surface area contributed by atoms with Gasteiger partial charge in [0.15, 0.2) is 12.4 Å². The van der Waals surface area contributed by atoms with Gasteiger partial charge in [0.1, 0.15) is 67.6 Å². The third-order valence-corrected chi connectivity index (χ3v) is 14.8. The maximum atomic E-state index is 13.4. The lowest BCUT2D eigenvalue weighted by molar-refractivity contribution is -0.338. The number of rotatable bonds is 44. The van der Waals surface area contributed by atoms with Gasteiger partial charge in [-0.3, -0.25) is 18.6 Å². The summed E-state index contributed by atoms with van der Waals surface area (Å²) in [5.41, 5.74) is 0. The van der Waals surface area contributed by atoms with E-state index in [9.17, 15) is 59.9 Å². The lowest BCUT2D eigenvalue weighted by atomic mass is 9.84. The average molecular weight is 1040 g/mol. The molecule has 13 atom stereocenters. The Balaban J connectivity index is 1.89. The number of carbonyl (C=O) groups is 2. The molecule has 2 fully saturated rings. The number of unbranched alkanes of at least 4 members (excludes halogenated alkanes) is 29. The molecule has 0 bridgehead atoms. The third kappa shape index (κ3) is 28.4. The van der Waals surface area contributed by atoms with Crippen LogP contribution >= 0.6 is 7.82 Å². The van der Waals surface area contributed by atoms with Gasteiger partial charge in [0.2, 0.25) is 0 Å². The molecule has 9 N–H and O–H groups in total. The Hall–Kier alpha value is -1.35. The number of hydrogen-bond donors (Lipinski definition) is 9. The topological polar surface area (TPSA) is 289 Å². The number of hydrogen-bond acceptors (Lipinski definition) is 17. The minimum absolute atomic E-state index is 0.0402. The highest BCUT2D eigenvalue weighted by atomic mass is 31.2. The zero-order chi connectivity index (χ0) is 52.3. The van der Waals surface area contributed by atoms with Crippen LogP contribution in [0.5, 0.6) is 0 Å². The van der Waals surface area contributed by atoms with Gasteiger partial charge in [-0.1, -0.05) is 200 Å². The van der Waals surface area contributed by atoms with Crippen molar-refractivity contribution in [3.05, 3.63) is 0 Å². The molecule has 0 radical (unpaired) electrons. The fourth-order valence-corrected chi connectivity index (χ4v) is 10.2. The van der Waals surface area contributed by atoms with Gasteiger partial charge >= 0.3 is 19.8 Å². The molecule has 1 saturated carbocycles. The first kappa shape index (κ1) is 65.8. The van der Waals surface area contributed by atoms with Crippen LogP contribution in [0.15, 0.2) is 0 Å². The van der Waals surface area contributed by atoms with E-state index in [-0.39, 0.29) is 12.8 Å². The normalized spacial score (nSPS) is 27.1. The van der Waals surface area contributed by atoms with Crippen molar-refractivity contribution < 1.29 is 87.9 Å². The lowest BCUT2D eigenvalue weighted by Gasteiger charge is -2.47. The molecule has 1 aliphatic heterocycles. The van der Waals surface area contributed by atoms with Crippen molar-refractivity contribution in [2.45, 2.75) is 299 Å². The van der Waals surface area contributed by atoms with E-state index < -0.39 is 113 Å². The van der Waals surface area contributed by atoms with Gasteiger partial charge in [0.25, 0.3) is 0 Å². The van der Waals surface area contributed by atoms with Crippen LogP contribution in [0, 0.1) is 0 Å². The Labute approximate surface area is 425 Å². The predicted molar refractivity (Wildman–Crippen MR) is 268 cm³/mol. The molecule has 19 heteroatoms. The van der Waals surface area contributed by atoms with Crippen LogP contribution in [0.3, 0.4) is 0 Å². The lowest BCUT2D eigenvalue weighted by Crippen LogP contribution is -2.67. The van der Waals surface area contributed by atoms with Crippen molar-refractivity contribution in [1.82, 2.24) is 0 Å². The van der Waals surface area contributed by atoms with E-state index in [4.69, 9.17) is 28.0 Å². The first-order chi connectivity index (χ1) is 34.2. The minimum atomic E-state index is -5.37.